The maximum atomic E-state index is 13.3. The molecule has 1 amide bonds. The van der Waals surface area contributed by atoms with Gasteiger partial charge in [-0.15, -0.1) is 0 Å². The van der Waals surface area contributed by atoms with Crippen LogP contribution in [-0.4, -0.2) is 64.1 Å². The summed E-state index contributed by atoms with van der Waals surface area (Å²) >= 11 is 0. The third kappa shape index (κ3) is 4.06. The van der Waals surface area contributed by atoms with Crippen molar-refractivity contribution in [1.82, 2.24) is 9.80 Å². The van der Waals surface area contributed by atoms with Crippen LogP contribution >= 0.6 is 0 Å². The number of aromatic hydroxyl groups is 1. The van der Waals surface area contributed by atoms with Gasteiger partial charge in [-0.05, 0) is 81.2 Å². The van der Waals surface area contributed by atoms with Crippen LogP contribution < -0.4 is 4.74 Å². The van der Waals surface area contributed by atoms with Crippen molar-refractivity contribution in [2.45, 2.75) is 68.3 Å². The van der Waals surface area contributed by atoms with Crippen molar-refractivity contribution in [3.63, 3.8) is 0 Å². The number of phenolic OH excluding ortho intramolecular Hbond substituents is 1. The highest BCUT2D eigenvalue weighted by Crippen LogP contribution is 2.65. The number of halogens is 3. The lowest BCUT2D eigenvalue weighted by atomic mass is 9.50. The maximum Gasteiger partial charge on any atom is 0.416 e. The Morgan fingerprint density at radius 2 is 1.98 bits per heavy atom. The van der Waals surface area contributed by atoms with Crippen LogP contribution in [0.25, 0.3) is 0 Å². The quantitative estimate of drug-likeness (QED) is 0.321. The van der Waals surface area contributed by atoms with Crippen LogP contribution in [-0.2, 0) is 22.8 Å². The third-order valence-electron chi connectivity index (χ3n) is 10.2. The first-order valence-electron chi connectivity index (χ1n) is 14.4. The number of nitrogens with zero attached hydrogens (tertiary/aromatic N) is 3. The summed E-state index contributed by atoms with van der Waals surface area (Å²) in [6.45, 7) is 1.80. The molecule has 2 bridgehead atoms. The predicted octanol–water partition coefficient (Wildman–Crippen LogP) is 4.65. The number of alkyl halides is 3. The van der Waals surface area contributed by atoms with Crippen molar-refractivity contribution in [2.75, 3.05) is 20.1 Å². The minimum atomic E-state index is -4.46. The summed E-state index contributed by atoms with van der Waals surface area (Å²) in [6, 6.07) is 5.25. The number of nitro groups is 1. The number of likely N-dealkylation sites (tertiary alicyclic amines) is 1. The molecular weight excluding hydrogens is 551 g/mol. The molecule has 5 atom stereocenters. The molecule has 220 valence electrons. The highest BCUT2D eigenvalue weighted by Gasteiger charge is 2.67. The molecule has 2 aromatic rings. The summed E-state index contributed by atoms with van der Waals surface area (Å²) in [5.74, 6) is 5.63. The van der Waals surface area contributed by atoms with Gasteiger partial charge < -0.3 is 14.7 Å². The van der Waals surface area contributed by atoms with Crippen LogP contribution in [0.5, 0.6) is 11.5 Å². The fourth-order valence-corrected chi connectivity index (χ4v) is 8.19. The molecule has 2 saturated carbocycles. The van der Waals surface area contributed by atoms with E-state index in [0.29, 0.717) is 36.5 Å². The molecule has 3 fully saturated rings. The number of carbonyl (C=O) groups is 1. The van der Waals surface area contributed by atoms with Gasteiger partial charge in [-0.2, -0.15) is 13.2 Å². The second-order valence-corrected chi connectivity index (χ2v) is 12.4. The van der Waals surface area contributed by atoms with Crippen LogP contribution in [0.1, 0.15) is 54.4 Å². The van der Waals surface area contributed by atoms with Crippen LogP contribution in [0.3, 0.4) is 0 Å². The summed E-state index contributed by atoms with van der Waals surface area (Å²) < 4.78 is 45.2. The minimum absolute atomic E-state index is 0.0828. The number of ether oxygens (including phenoxy) is 1. The van der Waals surface area contributed by atoms with Gasteiger partial charge in [-0.1, -0.05) is 5.92 Å². The van der Waals surface area contributed by atoms with Gasteiger partial charge in [0.25, 0.3) is 11.6 Å². The lowest BCUT2D eigenvalue weighted by Gasteiger charge is -2.60. The van der Waals surface area contributed by atoms with Gasteiger partial charge in [0, 0.05) is 47.7 Å². The Labute approximate surface area is 240 Å². The van der Waals surface area contributed by atoms with Gasteiger partial charge in [-0.3, -0.25) is 19.8 Å². The third-order valence-corrected chi connectivity index (χ3v) is 10.2. The summed E-state index contributed by atoms with van der Waals surface area (Å²) in [7, 11) is 1.64. The summed E-state index contributed by atoms with van der Waals surface area (Å²) in [5.41, 5.74) is 0.219. The zero-order valence-electron chi connectivity index (χ0n) is 23.0. The van der Waals surface area contributed by atoms with E-state index < -0.39 is 40.1 Å². The molecule has 42 heavy (non-hydrogen) atoms. The van der Waals surface area contributed by atoms with Gasteiger partial charge in [0.05, 0.1) is 22.6 Å². The summed E-state index contributed by atoms with van der Waals surface area (Å²) in [6.07, 6.45) is 0.132. The minimum Gasteiger partial charge on any atom is -0.504 e. The van der Waals surface area contributed by atoms with Crippen molar-refractivity contribution < 1.29 is 32.7 Å². The SMILES string of the molecule is CN(C(=O)C#Cc1ccc(C(F)(F)F)cc1)[C@H]1CC[C@H]2[C@H]3Cc4c([N+](=O)[O-])cc(O)c5c4[C@@]2(CCN3CC2CC2)[C@H]1O5. The topological polar surface area (TPSA) is 96.2 Å². The number of carbonyl (C=O) groups excluding carboxylic acids is 1. The van der Waals surface area contributed by atoms with Crippen LogP contribution in [0.4, 0.5) is 18.9 Å². The molecule has 1 spiro atoms. The number of rotatable bonds is 4. The van der Waals surface area contributed by atoms with Crippen molar-refractivity contribution in [3.05, 3.63) is 62.7 Å². The van der Waals surface area contributed by atoms with Gasteiger partial charge in [0.2, 0.25) is 0 Å². The molecule has 1 N–H and O–H groups in total. The maximum absolute atomic E-state index is 13.3. The molecule has 11 heteroatoms. The van der Waals surface area contributed by atoms with Gasteiger partial charge in [-0.25, -0.2) is 0 Å². The molecule has 2 aromatic carbocycles. The van der Waals surface area contributed by atoms with E-state index >= 15 is 0 Å². The van der Waals surface area contributed by atoms with Crippen molar-refractivity contribution in [1.29, 1.82) is 0 Å². The molecular formula is C31H30F3N3O5. The molecule has 3 aliphatic carbocycles. The van der Waals surface area contributed by atoms with E-state index in [-0.39, 0.29) is 29.0 Å². The molecule has 8 nitrogen and oxygen atoms in total. The van der Waals surface area contributed by atoms with Gasteiger partial charge >= 0.3 is 6.18 Å². The van der Waals surface area contributed by atoms with E-state index in [9.17, 15) is 33.2 Å². The lowest BCUT2D eigenvalue weighted by Crippen LogP contribution is -2.69. The van der Waals surface area contributed by atoms with Crippen LogP contribution in [0, 0.1) is 33.8 Å². The first kappa shape index (κ1) is 27.1. The smallest absolute Gasteiger partial charge is 0.416 e. The molecule has 0 unspecified atom stereocenters. The lowest BCUT2D eigenvalue weighted by molar-refractivity contribution is -0.385. The van der Waals surface area contributed by atoms with E-state index in [1.807, 2.05) is 0 Å². The number of piperidine rings is 1. The number of nitro benzene ring substituents is 1. The average Bonchev–Trinajstić information content (AvgIpc) is 3.71. The van der Waals surface area contributed by atoms with E-state index in [0.717, 1.165) is 37.2 Å². The van der Waals surface area contributed by atoms with E-state index in [1.165, 1.54) is 35.9 Å². The Morgan fingerprint density at radius 3 is 2.64 bits per heavy atom. The molecule has 5 aliphatic rings. The number of hydrogen-bond acceptors (Lipinski definition) is 6. The predicted molar refractivity (Wildman–Crippen MR) is 145 cm³/mol. The van der Waals surface area contributed by atoms with E-state index in [1.54, 1.807) is 7.05 Å². The van der Waals surface area contributed by atoms with Gasteiger partial charge in [0.1, 0.15) is 6.10 Å². The largest absolute Gasteiger partial charge is 0.504 e. The molecule has 2 heterocycles. The monoisotopic (exact) mass is 581 g/mol. The summed E-state index contributed by atoms with van der Waals surface area (Å²) in [5, 5.41) is 23.0. The number of benzene rings is 2. The van der Waals surface area contributed by atoms with Crippen LogP contribution in [0.15, 0.2) is 30.3 Å². The Morgan fingerprint density at radius 1 is 1.24 bits per heavy atom. The van der Waals surface area contributed by atoms with E-state index in [4.69, 9.17) is 4.74 Å². The highest BCUT2D eigenvalue weighted by molar-refractivity contribution is 5.94. The second-order valence-electron chi connectivity index (χ2n) is 12.4. The first-order valence-corrected chi connectivity index (χ1v) is 14.4. The zero-order valence-corrected chi connectivity index (χ0v) is 23.0. The number of hydrogen-bond donors (Lipinski definition) is 1. The van der Waals surface area contributed by atoms with Crippen molar-refractivity contribution in [3.8, 4) is 23.3 Å². The Balaban J connectivity index is 1.22. The number of amides is 1. The summed E-state index contributed by atoms with van der Waals surface area (Å²) in [4.78, 5) is 29.0. The van der Waals surface area contributed by atoms with Crippen molar-refractivity contribution in [2.24, 2.45) is 11.8 Å². The number of phenols is 1. The second kappa shape index (κ2) is 9.36. The fraction of sp³-hybridized carbons (Fsp3) is 0.516. The molecule has 0 radical (unpaired) electrons. The van der Waals surface area contributed by atoms with Gasteiger partial charge in [0.15, 0.2) is 11.5 Å². The Bertz CT molecular complexity index is 1540. The molecule has 1 saturated heterocycles. The first-order chi connectivity index (χ1) is 20.0. The average molecular weight is 582 g/mol. The normalized spacial score (nSPS) is 29.1. The molecule has 7 rings (SSSR count). The van der Waals surface area contributed by atoms with Crippen molar-refractivity contribution >= 4 is 11.6 Å². The highest BCUT2D eigenvalue weighted by atomic mass is 19.4. The van der Waals surface area contributed by atoms with Crippen LogP contribution in [0.2, 0.25) is 0 Å². The molecule has 2 aliphatic heterocycles. The molecule has 0 aromatic heterocycles. The fourth-order valence-electron chi connectivity index (χ4n) is 8.19. The Hall–Kier alpha value is -3.78. The Kier molecular flexibility index (Phi) is 6.04. The standard InChI is InChI=1S/C31H30F3N3O5/c1-35(26(39)11-6-17-4-7-19(8-5-17)31(32,33)34)22-10-9-21-24-14-20-23(37(40)41)15-25(38)28-27(20)30(21,29(22)42-28)12-13-36(24)16-18-2-3-18/h4-5,7-8,15,18,21-22,24,29,38H,2-3,9-10,12-14,16H2,1H3/t21-,22-,24+,29-,30-/m0/s1. The zero-order chi connectivity index (χ0) is 29.6. The number of likely N-dealkylation sites (N-methyl/N-ethyl adjacent to an activating group) is 1. The van der Waals surface area contributed by atoms with E-state index in [2.05, 4.69) is 16.7 Å².